The number of hydrogen-bond acceptors (Lipinski definition) is 8. The van der Waals surface area contributed by atoms with Gasteiger partial charge >= 0.3 is 11.6 Å². The quantitative estimate of drug-likeness (QED) is 0.409. The smallest absolute Gasteiger partial charge is 0.373 e. The van der Waals surface area contributed by atoms with Gasteiger partial charge in [-0.15, -0.1) is 0 Å². The van der Waals surface area contributed by atoms with Crippen molar-refractivity contribution in [3.8, 4) is 11.6 Å². The summed E-state index contributed by atoms with van der Waals surface area (Å²) >= 11 is 5.95. The van der Waals surface area contributed by atoms with Crippen LogP contribution in [0.15, 0.2) is 65.8 Å². The van der Waals surface area contributed by atoms with Gasteiger partial charge < -0.3 is 9.64 Å². The Hall–Kier alpha value is -3.54. The average molecular weight is 488 g/mol. The summed E-state index contributed by atoms with van der Waals surface area (Å²) in [4.78, 5) is 21.0. The molecule has 1 aliphatic heterocycles. The number of sulfonamides is 1. The van der Waals surface area contributed by atoms with Crippen LogP contribution in [0.2, 0.25) is 5.02 Å². The van der Waals surface area contributed by atoms with E-state index in [-0.39, 0.29) is 28.0 Å². The molecule has 4 rings (SSSR count). The van der Waals surface area contributed by atoms with Crippen LogP contribution in [-0.4, -0.2) is 36.4 Å². The number of nitrogens with zero attached hydrogens (tertiary/aromatic N) is 4. The Morgan fingerprint density at radius 3 is 2.36 bits per heavy atom. The van der Waals surface area contributed by atoms with Gasteiger partial charge in [-0.25, -0.2) is 18.5 Å². The van der Waals surface area contributed by atoms with E-state index in [0.717, 1.165) is 11.1 Å². The van der Waals surface area contributed by atoms with Crippen molar-refractivity contribution in [2.45, 2.75) is 11.3 Å². The van der Waals surface area contributed by atoms with Crippen LogP contribution in [0.25, 0.3) is 5.57 Å². The molecule has 2 aromatic carbocycles. The molecule has 3 aromatic rings. The zero-order valence-corrected chi connectivity index (χ0v) is 18.7. The molecule has 2 heterocycles. The van der Waals surface area contributed by atoms with Crippen LogP contribution in [0.4, 0.5) is 11.5 Å². The van der Waals surface area contributed by atoms with E-state index in [2.05, 4.69) is 9.97 Å². The van der Waals surface area contributed by atoms with Crippen LogP contribution in [0.3, 0.4) is 0 Å². The van der Waals surface area contributed by atoms with Crippen LogP contribution < -0.4 is 14.8 Å². The molecule has 10 nitrogen and oxygen atoms in total. The third-order valence-corrected chi connectivity index (χ3v) is 6.22. The summed E-state index contributed by atoms with van der Waals surface area (Å²) in [6.07, 6.45) is 3.84. The van der Waals surface area contributed by atoms with Crippen molar-refractivity contribution in [2.24, 2.45) is 5.14 Å². The van der Waals surface area contributed by atoms with Crippen molar-refractivity contribution in [1.29, 1.82) is 0 Å². The lowest BCUT2D eigenvalue weighted by atomic mass is 9.99. The van der Waals surface area contributed by atoms with Crippen molar-refractivity contribution in [3.05, 3.63) is 81.6 Å². The van der Waals surface area contributed by atoms with Gasteiger partial charge in [0.1, 0.15) is 12.1 Å². The number of halogens is 1. The Morgan fingerprint density at radius 2 is 1.79 bits per heavy atom. The minimum Gasteiger partial charge on any atom is -0.434 e. The number of rotatable bonds is 6. The molecule has 0 amide bonds. The van der Waals surface area contributed by atoms with Gasteiger partial charge in [-0.2, -0.15) is 4.98 Å². The second-order valence-electron chi connectivity index (χ2n) is 7.16. The molecule has 0 bridgehead atoms. The maximum Gasteiger partial charge on any atom is 0.373 e. The van der Waals surface area contributed by atoms with E-state index in [1.165, 1.54) is 30.6 Å². The number of nitro groups is 1. The average Bonchev–Trinajstić information content (AvgIpc) is 2.79. The molecule has 1 aliphatic rings. The second-order valence-corrected chi connectivity index (χ2v) is 9.16. The molecule has 0 saturated heterocycles. The molecule has 12 heteroatoms. The van der Waals surface area contributed by atoms with Gasteiger partial charge in [0.2, 0.25) is 15.8 Å². The van der Waals surface area contributed by atoms with E-state index in [9.17, 15) is 18.5 Å². The maximum atomic E-state index is 11.9. The Labute approximate surface area is 194 Å². The number of nitrogens with two attached hydrogens (primary N) is 1. The first-order valence-electron chi connectivity index (χ1n) is 9.72. The Balaban J connectivity index is 1.59. The lowest BCUT2D eigenvalue weighted by molar-refractivity contribution is -0.385. The number of ether oxygens (including phenoxy) is 1. The first kappa shape index (κ1) is 22.6. The Kier molecular flexibility index (Phi) is 6.27. The predicted octanol–water partition coefficient (Wildman–Crippen LogP) is 3.77. The standard InChI is InChI=1S/C21H18ClN5O5S/c22-16-3-1-14(2-4-16)15-9-11-26(12-10-15)20-19(27(28)29)21(25-13-24-20)32-17-5-7-18(8-6-17)33(23,30)31/h1-9,13H,10-12H2,(H2,23,30,31). The van der Waals surface area contributed by atoms with Crippen LogP contribution in [0, 0.1) is 10.1 Å². The van der Waals surface area contributed by atoms with Crippen LogP contribution in [0.1, 0.15) is 12.0 Å². The number of primary sulfonamides is 1. The minimum absolute atomic E-state index is 0.107. The van der Waals surface area contributed by atoms with Gasteiger partial charge in [-0.1, -0.05) is 29.8 Å². The first-order chi connectivity index (χ1) is 15.7. The monoisotopic (exact) mass is 487 g/mol. The van der Waals surface area contributed by atoms with Gasteiger partial charge in [0.05, 0.1) is 9.82 Å². The summed E-state index contributed by atoms with van der Waals surface area (Å²) in [5, 5.41) is 17.6. The molecule has 0 atom stereocenters. The fourth-order valence-corrected chi connectivity index (χ4v) is 4.06. The Bertz CT molecular complexity index is 1330. The number of benzene rings is 2. The second kappa shape index (κ2) is 9.14. The number of anilines is 1. The SMILES string of the molecule is NS(=O)(=O)c1ccc(Oc2ncnc(N3CC=C(c4ccc(Cl)cc4)CC3)c2[N+](=O)[O-])cc1. The van der Waals surface area contributed by atoms with E-state index in [1.807, 2.05) is 30.3 Å². The summed E-state index contributed by atoms with van der Waals surface area (Å²) < 4.78 is 28.4. The molecular weight excluding hydrogens is 470 g/mol. The van der Waals surface area contributed by atoms with Crippen LogP contribution in [0.5, 0.6) is 11.6 Å². The van der Waals surface area contributed by atoms with E-state index in [4.69, 9.17) is 21.5 Å². The third-order valence-electron chi connectivity index (χ3n) is 5.04. The summed E-state index contributed by atoms with van der Waals surface area (Å²) in [6, 6.07) is 12.7. The predicted molar refractivity (Wildman–Crippen MR) is 123 cm³/mol. The van der Waals surface area contributed by atoms with Gasteiger partial charge in [0.15, 0.2) is 0 Å². The first-order valence-corrected chi connectivity index (χ1v) is 11.6. The Morgan fingerprint density at radius 1 is 1.09 bits per heavy atom. The van der Waals surface area contributed by atoms with Crippen molar-refractivity contribution >= 4 is 38.7 Å². The number of hydrogen-bond donors (Lipinski definition) is 1. The molecule has 33 heavy (non-hydrogen) atoms. The van der Waals surface area contributed by atoms with Gasteiger partial charge in [0, 0.05) is 18.1 Å². The van der Waals surface area contributed by atoms with Crippen LogP contribution >= 0.6 is 11.6 Å². The lowest BCUT2D eigenvalue weighted by Crippen LogP contribution is -2.29. The highest BCUT2D eigenvalue weighted by Gasteiger charge is 2.29. The van der Waals surface area contributed by atoms with Crippen molar-refractivity contribution in [3.63, 3.8) is 0 Å². The normalized spacial score (nSPS) is 14.0. The molecule has 0 aliphatic carbocycles. The molecule has 2 N–H and O–H groups in total. The molecule has 0 radical (unpaired) electrons. The summed E-state index contributed by atoms with van der Waals surface area (Å²) in [5.74, 6) is 0.0529. The highest BCUT2D eigenvalue weighted by atomic mass is 35.5. The largest absolute Gasteiger partial charge is 0.434 e. The van der Waals surface area contributed by atoms with Crippen molar-refractivity contribution in [1.82, 2.24) is 9.97 Å². The van der Waals surface area contributed by atoms with Crippen LogP contribution in [-0.2, 0) is 10.0 Å². The fourth-order valence-electron chi connectivity index (χ4n) is 3.42. The highest BCUT2D eigenvalue weighted by Crippen LogP contribution is 2.37. The van der Waals surface area contributed by atoms with Crippen molar-refractivity contribution < 1.29 is 18.1 Å². The minimum atomic E-state index is -3.87. The van der Waals surface area contributed by atoms with Gasteiger partial charge in [0.25, 0.3) is 0 Å². The van der Waals surface area contributed by atoms with E-state index in [0.29, 0.717) is 24.5 Å². The van der Waals surface area contributed by atoms with Crippen molar-refractivity contribution in [2.75, 3.05) is 18.0 Å². The highest BCUT2D eigenvalue weighted by molar-refractivity contribution is 7.89. The van der Waals surface area contributed by atoms with E-state index in [1.54, 1.807) is 4.90 Å². The molecule has 170 valence electrons. The van der Waals surface area contributed by atoms with Gasteiger partial charge in [-0.3, -0.25) is 10.1 Å². The topological polar surface area (TPSA) is 142 Å². The molecule has 0 fully saturated rings. The molecule has 0 unspecified atom stereocenters. The number of aromatic nitrogens is 2. The third kappa shape index (κ3) is 5.11. The molecule has 1 aromatic heterocycles. The van der Waals surface area contributed by atoms with Gasteiger partial charge in [-0.05, 0) is 54.0 Å². The summed E-state index contributed by atoms with van der Waals surface area (Å²) in [7, 11) is -3.87. The fraction of sp³-hybridized carbons (Fsp3) is 0.143. The molecule has 0 saturated carbocycles. The lowest BCUT2D eigenvalue weighted by Gasteiger charge is -2.27. The zero-order chi connectivity index (χ0) is 23.6. The maximum absolute atomic E-state index is 11.9. The van der Waals surface area contributed by atoms with E-state index < -0.39 is 14.9 Å². The van der Waals surface area contributed by atoms with E-state index >= 15 is 0 Å². The zero-order valence-electron chi connectivity index (χ0n) is 17.1. The molecular formula is C21H18ClN5O5S. The molecule has 0 spiro atoms. The summed E-state index contributed by atoms with van der Waals surface area (Å²) in [6.45, 7) is 0.924. The summed E-state index contributed by atoms with van der Waals surface area (Å²) in [5.41, 5.74) is 1.78.